The number of amides is 1. The number of pyridine rings is 1. The molecule has 0 aliphatic carbocycles. The van der Waals surface area contributed by atoms with Crippen molar-refractivity contribution in [2.75, 3.05) is 13.1 Å². The molecular formula is C17H28ClN3O. The van der Waals surface area contributed by atoms with Crippen LogP contribution in [0.4, 0.5) is 0 Å². The highest BCUT2D eigenvalue weighted by molar-refractivity contribution is 5.85. The summed E-state index contributed by atoms with van der Waals surface area (Å²) in [6.07, 6.45) is 7.71. The zero-order valence-electron chi connectivity index (χ0n) is 13.6. The van der Waals surface area contributed by atoms with Gasteiger partial charge in [0, 0.05) is 31.4 Å². The Bertz CT molecular complexity index is 433. The Kier molecular flexibility index (Phi) is 8.43. The quantitative estimate of drug-likeness (QED) is 0.874. The van der Waals surface area contributed by atoms with Crippen LogP contribution in [0.15, 0.2) is 24.5 Å². The van der Waals surface area contributed by atoms with Gasteiger partial charge in [-0.3, -0.25) is 9.78 Å². The van der Waals surface area contributed by atoms with Gasteiger partial charge < -0.3 is 10.2 Å². The van der Waals surface area contributed by atoms with E-state index in [0.29, 0.717) is 18.9 Å². The van der Waals surface area contributed by atoms with E-state index >= 15 is 0 Å². The summed E-state index contributed by atoms with van der Waals surface area (Å²) >= 11 is 0. The standard InChI is InChI=1S/C17H27N3O.ClH/c1-14(2)20(13-16-4-3-9-19-12-16)17(21)6-5-15-7-10-18-11-8-15;/h3-4,9,12,14-15,18H,5-8,10-11,13H2,1-2H3;1H. The predicted octanol–water partition coefficient (Wildman–Crippen LogP) is 3.02. The number of nitrogens with zero attached hydrogens (tertiary/aromatic N) is 2. The van der Waals surface area contributed by atoms with Crippen LogP contribution in [0.25, 0.3) is 0 Å². The van der Waals surface area contributed by atoms with Gasteiger partial charge in [0.25, 0.3) is 0 Å². The molecule has 0 radical (unpaired) electrons. The Morgan fingerprint density at radius 2 is 2.14 bits per heavy atom. The highest BCUT2D eigenvalue weighted by Crippen LogP contribution is 2.19. The van der Waals surface area contributed by atoms with E-state index in [2.05, 4.69) is 24.1 Å². The molecule has 0 unspecified atom stereocenters. The third-order valence-electron chi connectivity index (χ3n) is 4.24. The molecule has 1 fully saturated rings. The molecule has 22 heavy (non-hydrogen) atoms. The Hall–Kier alpha value is -1.13. The Balaban J connectivity index is 0.00000242. The largest absolute Gasteiger partial charge is 0.336 e. The van der Waals surface area contributed by atoms with Crippen LogP contribution in [0.5, 0.6) is 0 Å². The minimum atomic E-state index is 0. The van der Waals surface area contributed by atoms with Gasteiger partial charge in [0.15, 0.2) is 0 Å². The SMILES string of the molecule is CC(C)N(Cc1cccnc1)C(=O)CCC1CCNCC1.Cl. The molecule has 1 saturated heterocycles. The van der Waals surface area contributed by atoms with E-state index in [1.807, 2.05) is 23.2 Å². The van der Waals surface area contributed by atoms with E-state index in [-0.39, 0.29) is 24.4 Å². The molecule has 2 heterocycles. The van der Waals surface area contributed by atoms with Crippen molar-refractivity contribution in [3.05, 3.63) is 30.1 Å². The van der Waals surface area contributed by atoms with Gasteiger partial charge in [0.1, 0.15) is 0 Å². The van der Waals surface area contributed by atoms with E-state index in [4.69, 9.17) is 0 Å². The molecule has 5 heteroatoms. The van der Waals surface area contributed by atoms with Gasteiger partial charge in [-0.05, 0) is 63.7 Å². The van der Waals surface area contributed by atoms with Crippen molar-refractivity contribution in [2.24, 2.45) is 5.92 Å². The van der Waals surface area contributed by atoms with E-state index in [0.717, 1.165) is 25.1 Å². The van der Waals surface area contributed by atoms with E-state index < -0.39 is 0 Å². The third-order valence-corrected chi connectivity index (χ3v) is 4.24. The minimum absolute atomic E-state index is 0. The van der Waals surface area contributed by atoms with Crippen molar-refractivity contribution in [1.82, 2.24) is 15.2 Å². The topological polar surface area (TPSA) is 45.2 Å². The monoisotopic (exact) mass is 325 g/mol. The first-order valence-electron chi connectivity index (χ1n) is 8.06. The van der Waals surface area contributed by atoms with E-state index in [9.17, 15) is 4.79 Å². The number of carbonyl (C=O) groups is 1. The lowest BCUT2D eigenvalue weighted by Gasteiger charge is -2.28. The van der Waals surface area contributed by atoms with Crippen molar-refractivity contribution < 1.29 is 4.79 Å². The number of hydrogen-bond donors (Lipinski definition) is 1. The average Bonchev–Trinajstić information content (AvgIpc) is 2.52. The molecule has 124 valence electrons. The van der Waals surface area contributed by atoms with Crippen molar-refractivity contribution >= 4 is 18.3 Å². The molecule has 2 rings (SSSR count). The summed E-state index contributed by atoms with van der Waals surface area (Å²) in [7, 11) is 0. The zero-order valence-corrected chi connectivity index (χ0v) is 14.4. The van der Waals surface area contributed by atoms with Crippen LogP contribution in [0.1, 0.15) is 45.1 Å². The van der Waals surface area contributed by atoms with Crippen LogP contribution >= 0.6 is 12.4 Å². The lowest BCUT2D eigenvalue weighted by Crippen LogP contribution is -2.37. The molecule has 1 aliphatic rings. The number of piperidine rings is 1. The van der Waals surface area contributed by atoms with Crippen molar-refractivity contribution in [1.29, 1.82) is 0 Å². The van der Waals surface area contributed by atoms with Gasteiger partial charge in [-0.15, -0.1) is 12.4 Å². The van der Waals surface area contributed by atoms with Gasteiger partial charge >= 0.3 is 0 Å². The lowest BCUT2D eigenvalue weighted by atomic mass is 9.93. The number of carbonyl (C=O) groups excluding carboxylic acids is 1. The first-order chi connectivity index (χ1) is 10.2. The number of halogens is 1. The van der Waals surface area contributed by atoms with E-state index in [1.165, 1.54) is 12.8 Å². The first-order valence-corrected chi connectivity index (χ1v) is 8.06. The molecule has 1 aromatic heterocycles. The maximum atomic E-state index is 12.5. The molecule has 0 atom stereocenters. The van der Waals surface area contributed by atoms with Gasteiger partial charge in [-0.1, -0.05) is 6.07 Å². The predicted molar refractivity (Wildman–Crippen MR) is 92.0 cm³/mol. The molecular weight excluding hydrogens is 298 g/mol. The van der Waals surface area contributed by atoms with Crippen molar-refractivity contribution in [2.45, 2.75) is 52.1 Å². The zero-order chi connectivity index (χ0) is 15.1. The van der Waals surface area contributed by atoms with Gasteiger partial charge in [-0.2, -0.15) is 0 Å². The second kappa shape index (κ2) is 9.80. The third kappa shape index (κ3) is 5.93. The molecule has 0 bridgehead atoms. The fourth-order valence-electron chi connectivity index (χ4n) is 2.89. The Morgan fingerprint density at radius 1 is 1.41 bits per heavy atom. The van der Waals surface area contributed by atoms with Crippen LogP contribution in [0.3, 0.4) is 0 Å². The first kappa shape index (κ1) is 18.9. The van der Waals surface area contributed by atoms with Crippen LogP contribution in [-0.4, -0.2) is 34.9 Å². The smallest absolute Gasteiger partial charge is 0.223 e. The highest BCUT2D eigenvalue weighted by Gasteiger charge is 2.20. The normalized spacial score (nSPS) is 15.4. The highest BCUT2D eigenvalue weighted by atomic mass is 35.5. The van der Waals surface area contributed by atoms with Gasteiger partial charge in [0.05, 0.1) is 0 Å². The van der Waals surface area contributed by atoms with Gasteiger partial charge in [-0.25, -0.2) is 0 Å². The number of hydrogen-bond acceptors (Lipinski definition) is 3. The van der Waals surface area contributed by atoms with Crippen molar-refractivity contribution in [3.8, 4) is 0 Å². The number of aromatic nitrogens is 1. The fourth-order valence-corrected chi connectivity index (χ4v) is 2.89. The summed E-state index contributed by atoms with van der Waals surface area (Å²) in [6.45, 7) is 7.03. The fraction of sp³-hybridized carbons (Fsp3) is 0.647. The maximum Gasteiger partial charge on any atom is 0.223 e. The van der Waals surface area contributed by atoms with Crippen molar-refractivity contribution in [3.63, 3.8) is 0 Å². The molecule has 0 aromatic carbocycles. The molecule has 1 aromatic rings. The summed E-state index contributed by atoms with van der Waals surface area (Å²) in [5, 5.41) is 3.37. The summed E-state index contributed by atoms with van der Waals surface area (Å²) in [4.78, 5) is 18.6. The summed E-state index contributed by atoms with van der Waals surface area (Å²) in [6, 6.07) is 4.18. The molecule has 1 amide bonds. The maximum absolute atomic E-state index is 12.5. The molecule has 1 aliphatic heterocycles. The Labute approximate surface area is 140 Å². The minimum Gasteiger partial charge on any atom is -0.336 e. The molecule has 1 N–H and O–H groups in total. The molecule has 0 saturated carbocycles. The van der Waals surface area contributed by atoms with Crippen LogP contribution in [0.2, 0.25) is 0 Å². The Morgan fingerprint density at radius 3 is 2.73 bits per heavy atom. The summed E-state index contributed by atoms with van der Waals surface area (Å²) in [5.74, 6) is 0.981. The molecule has 4 nitrogen and oxygen atoms in total. The number of nitrogens with one attached hydrogen (secondary N) is 1. The van der Waals surface area contributed by atoms with Crippen LogP contribution in [-0.2, 0) is 11.3 Å². The molecule has 0 spiro atoms. The summed E-state index contributed by atoms with van der Waals surface area (Å²) < 4.78 is 0. The van der Waals surface area contributed by atoms with Crippen LogP contribution in [0, 0.1) is 5.92 Å². The summed E-state index contributed by atoms with van der Waals surface area (Å²) in [5.41, 5.74) is 1.10. The van der Waals surface area contributed by atoms with Gasteiger partial charge in [0.2, 0.25) is 5.91 Å². The second-order valence-corrected chi connectivity index (χ2v) is 6.21. The second-order valence-electron chi connectivity index (χ2n) is 6.21. The van der Waals surface area contributed by atoms with E-state index in [1.54, 1.807) is 6.20 Å². The number of rotatable bonds is 6. The lowest BCUT2D eigenvalue weighted by molar-refractivity contribution is -0.133. The van der Waals surface area contributed by atoms with Crippen LogP contribution < -0.4 is 5.32 Å². The average molecular weight is 326 g/mol.